The number of hydrogen-bond acceptors (Lipinski definition) is 4. The summed E-state index contributed by atoms with van der Waals surface area (Å²) in [6.45, 7) is 5.92. The fourth-order valence-electron chi connectivity index (χ4n) is 1.69. The molecule has 4 nitrogen and oxygen atoms in total. The van der Waals surface area contributed by atoms with Gasteiger partial charge in [-0.05, 0) is 38.5 Å². The molecule has 1 atom stereocenters. The number of nitrogens with zero attached hydrogens (tertiary/aromatic N) is 1. The highest BCUT2D eigenvalue weighted by Crippen LogP contribution is 2.28. The molecule has 18 heavy (non-hydrogen) atoms. The first-order chi connectivity index (χ1) is 8.28. The van der Waals surface area contributed by atoms with E-state index < -0.39 is 0 Å². The van der Waals surface area contributed by atoms with E-state index in [9.17, 15) is 5.11 Å². The van der Waals surface area contributed by atoms with E-state index in [0.29, 0.717) is 10.6 Å². The van der Waals surface area contributed by atoms with Crippen molar-refractivity contribution in [3.05, 3.63) is 28.3 Å². The third kappa shape index (κ3) is 3.61. The molecule has 98 valence electrons. The Morgan fingerprint density at radius 2 is 2.11 bits per heavy atom. The van der Waals surface area contributed by atoms with Crippen molar-refractivity contribution in [1.29, 1.82) is 5.26 Å². The smallest absolute Gasteiger partial charge is 0.101 e. The molecule has 5 heteroatoms. The van der Waals surface area contributed by atoms with Crippen LogP contribution in [0.4, 0.5) is 5.69 Å². The third-order valence-corrected chi connectivity index (χ3v) is 2.78. The summed E-state index contributed by atoms with van der Waals surface area (Å²) in [6.07, 6.45) is 0. The van der Waals surface area contributed by atoms with Crippen LogP contribution < -0.4 is 11.1 Å². The van der Waals surface area contributed by atoms with E-state index in [1.807, 2.05) is 26.8 Å². The SMILES string of the molecule is CC(C)(C)N[C@@H](CO)c1cc(Cl)c(N)c(C#N)c1. The van der Waals surface area contributed by atoms with Crippen LogP contribution >= 0.6 is 11.6 Å². The number of rotatable bonds is 3. The molecule has 0 aromatic heterocycles. The van der Waals surface area contributed by atoms with Gasteiger partial charge in [-0.1, -0.05) is 11.6 Å². The second kappa shape index (κ2) is 5.57. The number of nitriles is 1. The van der Waals surface area contributed by atoms with Gasteiger partial charge in [0.15, 0.2) is 0 Å². The number of nitrogens with two attached hydrogens (primary N) is 1. The van der Waals surface area contributed by atoms with Gasteiger partial charge >= 0.3 is 0 Å². The molecule has 0 aliphatic carbocycles. The number of aliphatic hydroxyl groups is 1. The van der Waals surface area contributed by atoms with E-state index in [4.69, 9.17) is 22.6 Å². The Balaban J connectivity index is 3.15. The van der Waals surface area contributed by atoms with Crippen molar-refractivity contribution >= 4 is 17.3 Å². The highest BCUT2D eigenvalue weighted by atomic mass is 35.5. The summed E-state index contributed by atoms with van der Waals surface area (Å²) in [4.78, 5) is 0. The Bertz CT molecular complexity index is 474. The number of anilines is 1. The molecule has 1 rings (SSSR count). The maximum Gasteiger partial charge on any atom is 0.101 e. The van der Waals surface area contributed by atoms with Gasteiger partial charge < -0.3 is 16.2 Å². The lowest BCUT2D eigenvalue weighted by atomic mass is 10.00. The van der Waals surface area contributed by atoms with E-state index in [-0.39, 0.29) is 23.9 Å². The Morgan fingerprint density at radius 3 is 2.56 bits per heavy atom. The van der Waals surface area contributed by atoms with Crippen LogP contribution in [-0.4, -0.2) is 17.3 Å². The molecule has 0 aliphatic heterocycles. The van der Waals surface area contributed by atoms with Crippen molar-refractivity contribution in [2.24, 2.45) is 0 Å². The van der Waals surface area contributed by atoms with Gasteiger partial charge in [0.1, 0.15) is 6.07 Å². The average Bonchev–Trinajstić information content (AvgIpc) is 2.28. The van der Waals surface area contributed by atoms with Crippen LogP contribution in [0, 0.1) is 11.3 Å². The van der Waals surface area contributed by atoms with Crippen LogP contribution in [0.25, 0.3) is 0 Å². The monoisotopic (exact) mass is 267 g/mol. The molecular weight excluding hydrogens is 250 g/mol. The van der Waals surface area contributed by atoms with E-state index in [2.05, 4.69) is 5.32 Å². The van der Waals surface area contributed by atoms with E-state index in [0.717, 1.165) is 5.56 Å². The first-order valence-electron chi connectivity index (χ1n) is 5.66. The Hall–Kier alpha value is -1.28. The number of aliphatic hydroxyl groups excluding tert-OH is 1. The lowest BCUT2D eigenvalue weighted by molar-refractivity contribution is 0.217. The fourth-order valence-corrected chi connectivity index (χ4v) is 1.92. The van der Waals surface area contributed by atoms with Gasteiger partial charge in [0.2, 0.25) is 0 Å². The summed E-state index contributed by atoms with van der Waals surface area (Å²) < 4.78 is 0. The van der Waals surface area contributed by atoms with Crippen molar-refractivity contribution in [3.63, 3.8) is 0 Å². The zero-order valence-electron chi connectivity index (χ0n) is 10.8. The van der Waals surface area contributed by atoms with E-state index in [1.165, 1.54) is 0 Å². The van der Waals surface area contributed by atoms with Crippen molar-refractivity contribution in [3.8, 4) is 6.07 Å². The largest absolute Gasteiger partial charge is 0.396 e. The van der Waals surface area contributed by atoms with Gasteiger partial charge in [-0.25, -0.2) is 0 Å². The zero-order valence-corrected chi connectivity index (χ0v) is 11.5. The molecule has 0 bridgehead atoms. The van der Waals surface area contributed by atoms with Gasteiger partial charge in [0, 0.05) is 5.54 Å². The molecule has 4 N–H and O–H groups in total. The molecule has 0 unspecified atom stereocenters. The molecule has 0 amide bonds. The average molecular weight is 268 g/mol. The quantitative estimate of drug-likeness (QED) is 0.734. The van der Waals surface area contributed by atoms with Crippen LogP contribution in [-0.2, 0) is 0 Å². The van der Waals surface area contributed by atoms with Crippen LogP contribution in [0.5, 0.6) is 0 Å². The lowest BCUT2D eigenvalue weighted by Gasteiger charge is -2.28. The number of nitrogens with one attached hydrogen (secondary N) is 1. The second-order valence-corrected chi connectivity index (χ2v) is 5.61. The standard InChI is InChI=1S/C13H18ClN3O/c1-13(2,3)17-11(7-18)8-4-9(6-15)12(16)10(14)5-8/h4-5,11,17-18H,7,16H2,1-3H3/t11-/m0/s1. The summed E-state index contributed by atoms with van der Waals surface area (Å²) >= 11 is 5.98. The maximum atomic E-state index is 9.45. The molecule has 0 heterocycles. The maximum absolute atomic E-state index is 9.45. The highest BCUT2D eigenvalue weighted by Gasteiger charge is 2.20. The molecular formula is C13H18ClN3O. The van der Waals surface area contributed by atoms with Crippen molar-refractivity contribution in [2.75, 3.05) is 12.3 Å². The van der Waals surface area contributed by atoms with Crippen LogP contribution in [0.2, 0.25) is 5.02 Å². The molecule has 0 saturated heterocycles. The molecule has 0 aliphatic rings. The van der Waals surface area contributed by atoms with E-state index >= 15 is 0 Å². The first kappa shape index (κ1) is 14.8. The summed E-state index contributed by atoms with van der Waals surface area (Å²) in [7, 11) is 0. The van der Waals surface area contributed by atoms with Crippen molar-refractivity contribution < 1.29 is 5.11 Å². The number of halogens is 1. The molecule has 0 fully saturated rings. The number of benzene rings is 1. The summed E-state index contributed by atoms with van der Waals surface area (Å²) in [5.41, 5.74) is 6.89. The van der Waals surface area contributed by atoms with E-state index in [1.54, 1.807) is 12.1 Å². The Labute approximate surface area is 112 Å². The van der Waals surface area contributed by atoms with Crippen LogP contribution in [0.1, 0.15) is 37.9 Å². The Morgan fingerprint density at radius 1 is 1.50 bits per heavy atom. The van der Waals surface area contributed by atoms with Gasteiger partial charge in [0.05, 0.1) is 28.9 Å². The number of nitrogen functional groups attached to an aromatic ring is 1. The zero-order chi connectivity index (χ0) is 13.9. The topological polar surface area (TPSA) is 82.1 Å². The molecule has 0 saturated carbocycles. The van der Waals surface area contributed by atoms with Crippen molar-refractivity contribution in [2.45, 2.75) is 32.4 Å². The first-order valence-corrected chi connectivity index (χ1v) is 6.04. The molecule has 1 aromatic rings. The summed E-state index contributed by atoms with van der Waals surface area (Å²) in [6, 6.07) is 5.05. The van der Waals surface area contributed by atoms with Crippen LogP contribution in [0.15, 0.2) is 12.1 Å². The molecule has 0 spiro atoms. The lowest BCUT2D eigenvalue weighted by Crippen LogP contribution is -2.40. The van der Waals surface area contributed by atoms with Gasteiger partial charge in [-0.15, -0.1) is 0 Å². The minimum Gasteiger partial charge on any atom is -0.396 e. The van der Waals surface area contributed by atoms with Gasteiger partial charge in [-0.3, -0.25) is 0 Å². The molecule has 0 radical (unpaired) electrons. The molecule has 1 aromatic carbocycles. The summed E-state index contributed by atoms with van der Waals surface area (Å²) in [5.74, 6) is 0. The second-order valence-electron chi connectivity index (χ2n) is 5.21. The van der Waals surface area contributed by atoms with Crippen LogP contribution in [0.3, 0.4) is 0 Å². The van der Waals surface area contributed by atoms with Crippen molar-refractivity contribution in [1.82, 2.24) is 5.32 Å². The third-order valence-electron chi connectivity index (χ3n) is 2.46. The predicted molar refractivity (Wildman–Crippen MR) is 73.3 cm³/mol. The summed E-state index contributed by atoms with van der Waals surface area (Å²) in [5, 5.41) is 22.0. The Kier molecular flexibility index (Phi) is 4.58. The normalized spacial score (nSPS) is 13.1. The number of hydrogen-bond donors (Lipinski definition) is 3. The fraction of sp³-hybridized carbons (Fsp3) is 0.462. The minimum absolute atomic E-state index is 0.0810. The van der Waals surface area contributed by atoms with Gasteiger partial charge in [0.25, 0.3) is 0 Å². The minimum atomic E-state index is -0.282. The highest BCUT2D eigenvalue weighted by molar-refractivity contribution is 6.33. The van der Waals surface area contributed by atoms with Gasteiger partial charge in [-0.2, -0.15) is 5.26 Å². The predicted octanol–water partition coefficient (Wildman–Crippen LogP) is 2.22.